The molecule has 2 fully saturated rings. The lowest BCUT2D eigenvalue weighted by Crippen LogP contribution is -2.54. The van der Waals surface area contributed by atoms with Gasteiger partial charge in [-0.25, -0.2) is 4.98 Å². The van der Waals surface area contributed by atoms with Crippen LogP contribution < -0.4 is 14.2 Å². The first kappa shape index (κ1) is 23.9. The first-order valence-corrected chi connectivity index (χ1v) is 12.8. The van der Waals surface area contributed by atoms with Gasteiger partial charge in [-0.15, -0.1) is 0 Å². The number of para-hydroxylation sites is 1. The molecule has 5 rings (SSSR count). The van der Waals surface area contributed by atoms with Crippen molar-refractivity contribution >= 4 is 5.91 Å². The maximum atomic E-state index is 13.1. The Kier molecular flexibility index (Phi) is 6.38. The zero-order chi connectivity index (χ0) is 24.6. The number of carbonyl (C=O) groups excluding carboxylic acids is 1. The van der Waals surface area contributed by atoms with Crippen molar-refractivity contribution in [1.82, 2.24) is 9.88 Å². The van der Waals surface area contributed by atoms with Gasteiger partial charge in [0, 0.05) is 36.8 Å². The number of hydrogen-bond donors (Lipinski definition) is 0. The molecule has 1 aromatic heterocycles. The van der Waals surface area contributed by atoms with Gasteiger partial charge in [0.1, 0.15) is 5.60 Å². The molecule has 1 amide bonds. The Bertz CT molecular complexity index is 1060. The van der Waals surface area contributed by atoms with Gasteiger partial charge in [-0.3, -0.25) is 4.79 Å². The van der Waals surface area contributed by atoms with Gasteiger partial charge >= 0.3 is 0 Å². The molecule has 188 valence electrons. The predicted octanol–water partition coefficient (Wildman–Crippen LogP) is 5.05. The Hall–Kier alpha value is -2.80. The number of amides is 1. The third-order valence-corrected chi connectivity index (χ3v) is 7.85. The minimum absolute atomic E-state index is 0.00521. The van der Waals surface area contributed by atoms with E-state index in [0.717, 1.165) is 49.4 Å². The van der Waals surface area contributed by atoms with Gasteiger partial charge in [0.05, 0.1) is 31.5 Å². The summed E-state index contributed by atoms with van der Waals surface area (Å²) in [5.41, 5.74) is 1.38. The fourth-order valence-electron chi connectivity index (χ4n) is 5.86. The number of benzene rings is 1. The van der Waals surface area contributed by atoms with Crippen LogP contribution in [0.3, 0.4) is 0 Å². The second-order valence-electron chi connectivity index (χ2n) is 10.5. The highest BCUT2D eigenvalue weighted by molar-refractivity contribution is 5.94. The molecule has 2 atom stereocenters. The van der Waals surface area contributed by atoms with E-state index in [4.69, 9.17) is 18.9 Å². The van der Waals surface area contributed by atoms with Crippen LogP contribution in [0.1, 0.15) is 69.0 Å². The van der Waals surface area contributed by atoms with Crippen LogP contribution in [0.25, 0.3) is 0 Å². The average molecular weight is 481 g/mol. The number of aromatic nitrogens is 1. The summed E-state index contributed by atoms with van der Waals surface area (Å²) in [6, 6.07) is 9.66. The van der Waals surface area contributed by atoms with Crippen LogP contribution in [0, 0.1) is 11.3 Å². The van der Waals surface area contributed by atoms with Crippen LogP contribution in [-0.4, -0.2) is 54.3 Å². The van der Waals surface area contributed by atoms with E-state index < -0.39 is 0 Å². The highest BCUT2D eigenvalue weighted by Crippen LogP contribution is 2.57. The van der Waals surface area contributed by atoms with Crippen LogP contribution in [0.5, 0.6) is 17.4 Å². The number of piperidine rings is 1. The van der Waals surface area contributed by atoms with Crippen LogP contribution >= 0.6 is 0 Å². The molecule has 1 spiro atoms. The zero-order valence-corrected chi connectivity index (χ0v) is 21.2. The van der Waals surface area contributed by atoms with Gasteiger partial charge in [-0.05, 0) is 64.5 Å². The van der Waals surface area contributed by atoms with Crippen molar-refractivity contribution in [3.8, 4) is 17.4 Å². The Labute approximate surface area is 207 Å². The van der Waals surface area contributed by atoms with Gasteiger partial charge in [0.25, 0.3) is 5.91 Å². The van der Waals surface area contributed by atoms with Crippen LogP contribution in [0.2, 0.25) is 0 Å². The lowest BCUT2D eigenvalue weighted by molar-refractivity contribution is -0.173. The summed E-state index contributed by atoms with van der Waals surface area (Å²) >= 11 is 0. The van der Waals surface area contributed by atoms with Gasteiger partial charge < -0.3 is 23.8 Å². The lowest BCUT2D eigenvalue weighted by Gasteiger charge is -2.54. The number of pyridine rings is 1. The van der Waals surface area contributed by atoms with Crippen LogP contribution in [-0.2, 0) is 4.74 Å². The van der Waals surface area contributed by atoms with Crippen molar-refractivity contribution in [3.63, 3.8) is 0 Å². The maximum Gasteiger partial charge on any atom is 0.255 e. The Morgan fingerprint density at radius 1 is 1.11 bits per heavy atom. The first-order chi connectivity index (χ1) is 16.9. The van der Waals surface area contributed by atoms with Gasteiger partial charge in [-0.2, -0.15) is 0 Å². The predicted molar refractivity (Wildman–Crippen MR) is 132 cm³/mol. The summed E-state index contributed by atoms with van der Waals surface area (Å²) in [6.07, 6.45) is 4.48. The smallest absolute Gasteiger partial charge is 0.255 e. The summed E-state index contributed by atoms with van der Waals surface area (Å²) in [5.74, 6) is 2.42. The van der Waals surface area contributed by atoms with Crippen molar-refractivity contribution in [2.45, 2.75) is 58.7 Å². The quantitative estimate of drug-likeness (QED) is 0.597. The summed E-state index contributed by atoms with van der Waals surface area (Å²) in [6.45, 7) is 11.5. The van der Waals surface area contributed by atoms with Crippen molar-refractivity contribution in [1.29, 1.82) is 0 Å². The molecule has 0 aliphatic carbocycles. The molecule has 35 heavy (non-hydrogen) atoms. The zero-order valence-electron chi connectivity index (χ0n) is 21.2. The molecule has 0 saturated carbocycles. The van der Waals surface area contributed by atoms with Gasteiger partial charge in [-0.1, -0.05) is 12.1 Å². The van der Waals surface area contributed by atoms with E-state index in [-0.39, 0.29) is 28.9 Å². The largest absolute Gasteiger partial charge is 0.490 e. The molecule has 0 unspecified atom stereocenters. The molecule has 0 bridgehead atoms. The van der Waals surface area contributed by atoms with Gasteiger partial charge in [0.15, 0.2) is 11.5 Å². The normalized spacial score (nSPS) is 24.2. The number of rotatable bonds is 5. The number of fused-ring (bicyclic) bond motifs is 3. The molecule has 7 nitrogen and oxygen atoms in total. The second kappa shape index (κ2) is 9.34. The summed E-state index contributed by atoms with van der Waals surface area (Å²) < 4.78 is 24.4. The number of ether oxygens (including phenoxy) is 4. The number of hydrogen-bond acceptors (Lipinski definition) is 6. The summed E-state index contributed by atoms with van der Waals surface area (Å²) in [7, 11) is 0. The van der Waals surface area contributed by atoms with Gasteiger partial charge in [0.2, 0.25) is 5.88 Å². The summed E-state index contributed by atoms with van der Waals surface area (Å²) in [5, 5.41) is 0. The lowest BCUT2D eigenvalue weighted by atomic mass is 9.64. The third kappa shape index (κ3) is 4.46. The standard InChI is InChI=1S/C28H36N2O5/c1-5-32-22-9-7-8-20-24-21(27(3,4)35-25(20)22)16-28(18-34-24)12-14-30(15-13-28)26(31)19-10-11-23(29-17-19)33-6-2/h7-11,17,21,24H,5-6,12-16,18H2,1-4H3/t21-,24+/m0/s1. The van der Waals surface area contributed by atoms with Crippen molar-refractivity contribution in [2.24, 2.45) is 11.3 Å². The minimum atomic E-state index is -0.376. The van der Waals surface area contributed by atoms with E-state index in [1.54, 1.807) is 18.3 Å². The van der Waals surface area contributed by atoms with Crippen molar-refractivity contribution < 1.29 is 23.7 Å². The van der Waals surface area contributed by atoms with E-state index in [0.29, 0.717) is 31.3 Å². The van der Waals surface area contributed by atoms with E-state index in [1.165, 1.54) is 0 Å². The molecule has 4 heterocycles. The topological polar surface area (TPSA) is 70.1 Å². The van der Waals surface area contributed by atoms with Crippen molar-refractivity contribution in [2.75, 3.05) is 32.9 Å². The molecule has 1 aromatic carbocycles. The van der Waals surface area contributed by atoms with E-state index in [2.05, 4.69) is 24.9 Å². The molecule has 2 saturated heterocycles. The Morgan fingerprint density at radius 2 is 1.89 bits per heavy atom. The van der Waals surface area contributed by atoms with Crippen molar-refractivity contribution in [3.05, 3.63) is 47.7 Å². The Morgan fingerprint density at radius 3 is 2.57 bits per heavy atom. The van der Waals surface area contributed by atoms with Crippen LogP contribution in [0.4, 0.5) is 0 Å². The van der Waals surface area contributed by atoms with Crippen LogP contribution in [0.15, 0.2) is 36.5 Å². The molecule has 7 heteroatoms. The molecule has 2 aromatic rings. The third-order valence-electron chi connectivity index (χ3n) is 7.85. The Balaban J connectivity index is 1.28. The maximum absolute atomic E-state index is 13.1. The van der Waals surface area contributed by atoms with E-state index in [1.807, 2.05) is 30.9 Å². The molecule has 3 aliphatic rings. The highest BCUT2D eigenvalue weighted by Gasteiger charge is 2.53. The fourth-order valence-corrected chi connectivity index (χ4v) is 5.86. The number of carbonyl (C=O) groups is 1. The average Bonchev–Trinajstić information content (AvgIpc) is 2.86. The monoisotopic (exact) mass is 480 g/mol. The molecule has 3 aliphatic heterocycles. The molecular weight excluding hydrogens is 444 g/mol. The SMILES string of the molecule is CCOc1ccc(C(=O)N2CCC3(CC2)CO[C@@H]2c4cccc(OCC)c4OC(C)(C)[C@H]2C3)cn1. The summed E-state index contributed by atoms with van der Waals surface area (Å²) in [4.78, 5) is 19.3. The first-order valence-electron chi connectivity index (χ1n) is 12.8. The molecular formula is C28H36N2O5. The number of nitrogens with zero attached hydrogens (tertiary/aromatic N) is 2. The highest BCUT2D eigenvalue weighted by atomic mass is 16.5. The van der Waals surface area contributed by atoms with E-state index in [9.17, 15) is 4.79 Å². The number of likely N-dealkylation sites (tertiary alicyclic amines) is 1. The molecule has 0 radical (unpaired) electrons. The second-order valence-corrected chi connectivity index (χ2v) is 10.5. The fraction of sp³-hybridized carbons (Fsp3) is 0.571. The minimum Gasteiger partial charge on any atom is -0.490 e. The molecule has 0 N–H and O–H groups in total. The van der Waals surface area contributed by atoms with E-state index >= 15 is 0 Å².